The molecule has 2 heterocycles. The number of amides is 1. The maximum Gasteiger partial charge on any atom is 0.239 e. The summed E-state index contributed by atoms with van der Waals surface area (Å²) < 4.78 is 5.42. The Balaban J connectivity index is 1.63. The van der Waals surface area contributed by atoms with Gasteiger partial charge in [0.05, 0.1) is 6.54 Å². The second-order valence-corrected chi connectivity index (χ2v) is 6.32. The molecule has 0 spiro atoms. The second-order valence-electron chi connectivity index (χ2n) is 5.88. The molecular weight excluding hydrogens is 330 g/mol. The first-order valence-corrected chi connectivity index (χ1v) is 8.21. The molecule has 1 aliphatic heterocycles. The van der Waals surface area contributed by atoms with Crippen LogP contribution in [0.4, 0.5) is 0 Å². The molecule has 0 aliphatic carbocycles. The Hall–Kier alpha value is -1.96. The van der Waals surface area contributed by atoms with Crippen LogP contribution in [0.2, 0.25) is 5.02 Å². The van der Waals surface area contributed by atoms with Crippen LogP contribution < -0.4 is 5.73 Å². The van der Waals surface area contributed by atoms with Gasteiger partial charge in [-0.15, -0.1) is 10.2 Å². The van der Waals surface area contributed by atoms with Crippen LogP contribution in [0.3, 0.4) is 0 Å². The number of aromatic nitrogens is 2. The van der Waals surface area contributed by atoms with Gasteiger partial charge in [-0.2, -0.15) is 0 Å². The minimum atomic E-state index is -0.435. The number of carbonyl (C=O) groups excluding carboxylic acids is 1. The Morgan fingerprint density at radius 2 is 1.92 bits per heavy atom. The molecule has 0 bridgehead atoms. The van der Waals surface area contributed by atoms with E-state index in [0.717, 1.165) is 31.7 Å². The highest BCUT2D eigenvalue weighted by molar-refractivity contribution is 6.30. The van der Waals surface area contributed by atoms with E-state index < -0.39 is 6.04 Å². The first kappa shape index (κ1) is 16.9. The Kier molecular flexibility index (Phi) is 5.13. The predicted molar refractivity (Wildman–Crippen MR) is 89.3 cm³/mol. The van der Waals surface area contributed by atoms with E-state index in [9.17, 15) is 4.79 Å². The number of halogens is 1. The SMILES string of the molecule is Cc1nnc(CN2CCN([C@H](C(N)=O)c3ccc(Cl)cc3)CC2)o1. The maximum absolute atomic E-state index is 12.0. The van der Waals surface area contributed by atoms with Gasteiger partial charge in [0.2, 0.25) is 17.7 Å². The van der Waals surface area contributed by atoms with Crippen molar-refractivity contribution in [2.45, 2.75) is 19.5 Å². The molecule has 24 heavy (non-hydrogen) atoms. The summed E-state index contributed by atoms with van der Waals surface area (Å²) in [5.74, 6) is 0.837. The van der Waals surface area contributed by atoms with Crippen molar-refractivity contribution >= 4 is 17.5 Å². The fourth-order valence-electron chi connectivity index (χ4n) is 2.97. The van der Waals surface area contributed by atoms with Gasteiger partial charge in [0, 0.05) is 38.1 Å². The fourth-order valence-corrected chi connectivity index (χ4v) is 3.10. The second kappa shape index (κ2) is 7.29. The van der Waals surface area contributed by atoms with Crippen LogP contribution in [0.25, 0.3) is 0 Å². The third kappa shape index (κ3) is 3.92. The molecule has 1 aromatic heterocycles. The van der Waals surface area contributed by atoms with Crippen LogP contribution in [0.5, 0.6) is 0 Å². The van der Waals surface area contributed by atoms with Gasteiger partial charge in [-0.3, -0.25) is 14.6 Å². The minimum absolute atomic E-state index is 0.349. The van der Waals surface area contributed by atoms with Crippen LogP contribution in [0.1, 0.15) is 23.4 Å². The summed E-state index contributed by atoms with van der Waals surface area (Å²) in [6.45, 7) is 5.49. The average Bonchev–Trinajstić information content (AvgIpc) is 2.96. The van der Waals surface area contributed by atoms with E-state index in [1.807, 2.05) is 12.1 Å². The van der Waals surface area contributed by atoms with Crippen LogP contribution >= 0.6 is 11.6 Å². The van der Waals surface area contributed by atoms with Crippen LogP contribution in [-0.4, -0.2) is 52.1 Å². The van der Waals surface area contributed by atoms with Crippen LogP contribution in [-0.2, 0) is 11.3 Å². The summed E-state index contributed by atoms with van der Waals surface area (Å²) in [6.07, 6.45) is 0. The molecule has 7 nitrogen and oxygen atoms in total. The lowest BCUT2D eigenvalue weighted by atomic mass is 10.0. The van der Waals surface area contributed by atoms with Gasteiger partial charge in [-0.25, -0.2) is 0 Å². The Morgan fingerprint density at radius 3 is 2.46 bits per heavy atom. The van der Waals surface area contributed by atoms with Crippen LogP contribution in [0, 0.1) is 6.92 Å². The smallest absolute Gasteiger partial charge is 0.239 e. The van der Waals surface area contributed by atoms with E-state index in [2.05, 4.69) is 20.0 Å². The molecule has 1 aliphatic rings. The predicted octanol–water partition coefficient (Wildman–Crippen LogP) is 1.38. The lowest BCUT2D eigenvalue weighted by Gasteiger charge is -2.37. The third-order valence-corrected chi connectivity index (χ3v) is 4.41. The number of aryl methyl sites for hydroxylation is 1. The molecule has 3 rings (SSSR count). The van der Waals surface area contributed by atoms with Crippen molar-refractivity contribution in [2.75, 3.05) is 26.2 Å². The Labute approximate surface area is 145 Å². The van der Waals surface area contributed by atoms with E-state index in [-0.39, 0.29) is 5.91 Å². The summed E-state index contributed by atoms with van der Waals surface area (Å²) in [6, 6.07) is 6.83. The molecule has 1 amide bonds. The summed E-state index contributed by atoms with van der Waals surface area (Å²) in [4.78, 5) is 16.3. The normalized spacial score (nSPS) is 17.8. The van der Waals surface area contributed by atoms with Gasteiger partial charge in [0.25, 0.3) is 0 Å². The highest BCUT2D eigenvalue weighted by Gasteiger charge is 2.29. The summed E-state index contributed by atoms with van der Waals surface area (Å²) in [5.41, 5.74) is 6.51. The van der Waals surface area contributed by atoms with Crippen molar-refractivity contribution in [3.63, 3.8) is 0 Å². The van der Waals surface area contributed by atoms with Crippen molar-refractivity contribution < 1.29 is 9.21 Å². The molecule has 128 valence electrons. The van der Waals surface area contributed by atoms with Crippen LogP contribution in [0.15, 0.2) is 28.7 Å². The standard InChI is InChI=1S/C16H20ClN5O2/c1-11-19-20-14(24-11)10-21-6-8-22(9-7-21)15(16(18)23)12-2-4-13(17)5-3-12/h2-5,15H,6-10H2,1H3,(H2,18,23)/t15-/m0/s1. The summed E-state index contributed by atoms with van der Waals surface area (Å²) in [5, 5.41) is 8.50. The Bertz CT molecular complexity index is 695. The van der Waals surface area contributed by atoms with E-state index in [1.165, 1.54) is 0 Å². The number of primary amides is 1. The number of benzene rings is 1. The average molecular weight is 350 g/mol. The molecule has 0 unspecified atom stereocenters. The molecule has 1 fully saturated rings. The van der Waals surface area contributed by atoms with Gasteiger partial charge in [-0.1, -0.05) is 23.7 Å². The summed E-state index contributed by atoms with van der Waals surface area (Å²) >= 11 is 5.92. The number of nitrogens with zero attached hydrogens (tertiary/aromatic N) is 4. The maximum atomic E-state index is 12.0. The Morgan fingerprint density at radius 1 is 1.25 bits per heavy atom. The van der Waals surface area contributed by atoms with E-state index in [4.69, 9.17) is 21.8 Å². The first-order valence-electron chi connectivity index (χ1n) is 7.83. The largest absolute Gasteiger partial charge is 0.424 e. The molecule has 1 aromatic carbocycles. The van der Waals surface area contributed by atoms with Crippen molar-refractivity contribution in [1.29, 1.82) is 0 Å². The van der Waals surface area contributed by atoms with Gasteiger partial charge < -0.3 is 10.2 Å². The van der Waals surface area contributed by atoms with E-state index in [0.29, 0.717) is 23.3 Å². The van der Waals surface area contributed by atoms with Crippen molar-refractivity contribution in [3.05, 3.63) is 46.6 Å². The van der Waals surface area contributed by atoms with Gasteiger partial charge in [0.1, 0.15) is 6.04 Å². The van der Waals surface area contributed by atoms with Gasteiger partial charge in [0.15, 0.2) is 0 Å². The van der Waals surface area contributed by atoms with E-state index >= 15 is 0 Å². The molecule has 1 saturated heterocycles. The number of piperazine rings is 1. The quantitative estimate of drug-likeness (QED) is 0.877. The zero-order valence-electron chi connectivity index (χ0n) is 13.5. The minimum Gasteiger partial charge on any atom is -0.424 e. The van der Waals surface area contributed by atoms with Gasteiger partial charge in [-0.05, 0) is 17.7 Å². The molecule has 0 radical (unpaired) electrons. The van der Waals surface area contributed by atoms with E-state index in [1.54, 1.807) is 19.1 Å². The number of carbonyl (C=O) groups is 1. The number of nitrogens with two attached hydrogens (primary N) is 1. The topological polar surface area (TPSA) is 88.5 Å². The zero-order chi connectivity index (χ0) is 17.1. The van der Waals surface area contributed by atoms with Crippen molar-refractivity contribution in [3.8, 4) is 0 Å². The number of hydrogen-bond acceptors (Lipinski definition) is 6. The molecule has 2 aromatic rings. The lowest BCUT2D eigenvalue weighted by molar-refractivity contribution is -0.124. The molecule has 8 heteroatoms. The lowest BCUT2D eigenvalue weighted by Crippen LogP contribution is -2.50. The highest BCUT2D eigenvalue weighted by Crippen LogP contribution is 2.24. The molecule has 0 saturated carbocycles. The third-order valence-electron chi connectivity index (χ3n) is 4.15. The zero-order valence-corrected chi connectivity index (χ0v) is 14.2. The highest BCUT2D eigenvalue weighted by atomic mass is 35.5. The monoisotopic (exact) mass is 349 g/mol. The number of rotatable bonds is 5. The van der Waals surface area contributed by atoms with Crippen molar-refractivity contribution in [2.24, 2.45) is 5.73 Å². The first-order chi connectivity index (χ1) is 11.5. The summed E-state index contributed by atoms with van der Waals surface area (Å²) in [7, 11) is 0. The van der Waals surface area contributed by atoms with Gasteiger partial charge >= 0.3 is 0 Å². The molecule has 1 atom stereocenters. The van der Waals surface area contributed by atoms with Crippen molar-refractivity contribution in [1.82, 2.24) is 20.0 Å². The molecule has 2 N–H and O–H groups in total. The molecular formula is C16H20ClN5O2. The number of hydrogen-bond donors (Lipinski definition) is 1. The fraction of sp³-hybridized carbons (Fsp3) is 0.438.